The topological polar surface area (TPSA) is 69.0 Å². The lowest BCUT2D eigenvalue weighted by Gasteiger charge is -2.19. The molecule has 112 valence electrons. The van der Waals surface area contributed by atoms with Crippen molar-refractivity contribution in [3.63, 3.8) is 0 Å². The van der Waals surface area contributed by atoms with Crippen LogP contribution >= 0.6 is 0 Å². The standard InChI is InChI=1S/C15H20N4O2/c1-11-13(10-16-14(20)21-15(2,3)4)18-19(17-11)12-8-6-5-7-9-12/h5-9H,10H2,1-4H3,(H,16,20). The van der Waals surface area contributed by atoms with Crippen LogP contribution in [0.4, 0.5) is 4.79 Å². The van der Waals surface area contributed by atoms with E-state index in [2.05, 4.69) is 15.5 Å². The molecule has 0 radical (unpaired) electrons. The largest absolute Gasteiger partial charge is 0.444 e. The van der Waals surface area contributed by atoms with Gasteiger partial charge in [-0.1, -0.05) is 18.2 Å². The third kappa shape index (κ3) is 4.30. The Morgan fingerprint density at radius 2 is 1.90 bits per heavy atom. The fraction of sp³-hybridized carbons (Fsp3) is 0.400. The Bertz CT molecular complexity index is 614. The number of nitrogens with zero attached hydrogens (tertiary/aromatic N) is 3. The van der Waals surface area contributed by atoms with E-state index in [4.69, 9.17) is 4.74 Å². The minimum absolute atomic E-state index is 0.285. The first-order valence-electron chi connectivity index (χ1n) is 6.80. The highest BCUT2D eigenvalue weighted by Gasteiger charge is 2.17. The Morgan fingerprint density at radius 1 is 1.24 bits per heavy atom. The highest BCUT2D eigenvalue weighted by Crippen LogP contribution is 2.09. The summed E-state index contributed by atoms with van der Waals surface area (Å²) in [5, 5.41) is 11.4. The molecule has 6 nitrogen and oxygen atoms in total. The molecule has 0 aliphatic rings. The van der Waals surface area contributed by atoms with Gasteiger partial charge in [0.25, 0.3) is 0 Å². The van der Waals surface area contributed by atoms with Gasteiger partial charge in [-0.15, -0.1) is 0 Å². The fourth-order valence-electron chi connectivity index (χ4n) is 1.72. The Balaban J connectivity index is 2.02. The molecule has 6 heteroatoms. The van der Waals surface area contributed by atoms with Crippen molar-refractivity contribution in [3.8, 4) is 5.69 Å². The van der Waals surface area contributed by atoms with Crippen LogP contribution in [0.3, 0.4) is 0 Å². The lowest BCUT2D eigenvalue weighted by atomic mass is 10.2. The Hall–Kier alpha value is -2.37. The maximum absolute atomic E-state index is 11.6. The van der Waals surface area contributed by atoms with Crippen LogP contribution in [0.2, 0.25) is 0 Å². The Labute approximate surface area is 124 Å². The second-order valence-electron chi connectivity index (χ2n) is 5.71. The number of rotatable bonds is 3. The zero-order valence-electron chi connectivity index (χ0n) is 12.8. The highest BCUT2D eigenvalue weighted by atomic mass is 16.6. The first-order chi connectivity index (χ1) is 9.85. The molecule has 0 aliphatic heterocycles. The molecule has 0 saturated heterocycles. The Morgan fingerprint density at radius 3 is 2.52 bits per heavy atom. The van der Waals surface area contributed by atoms with Gasteiger partial charge in [-0.05, 0) is 39.8 Å². The van der Waals surface area contributed by atoms with E-state index >= 15 is 0 Å². The minimum Gasteiger partial charge on any atom is -0.444 e. The van der Waals surface area contributed by atoms with Crippen molar-refractivity contribution in [3.05, 3.63) is 41.7 Å². The van der Waals surface area contributed by atoms with E-state index < -0.39 is 11.7 Å². The number of para-hydroxylation sites is 1. The normalized spacial score (nSPS) is 11.2. The summed E-state index contributed by atoms with van der Waals surface area (Å²) in [6.07, 6.45) is -0.462. The third-order valence-corrected chi connectivity index (χ3v) is 2.66. The lowest BCUT2D eigenvalue weighted by molar-refractivity contribution is 0.0523. The maximum Gasteiger partial charge on any atom is 0.407 e. The quantitative estimate of drug-likeness (QED) is 0.942. The smallest absolute Gasteiger partial charge is 0.407 e. The molecule has 0 fully saturated rings. The number of hydrogen-bond donors (Lipinski definition) is 1. The molecule has 2 aromatic rings. The number of hydrogen-bond acceptors (Lipinski definition) is 4. The number of benzene rings is 1. The SMILES string of the molecule is Cc1nn(-c2ccccc2)nc1CNC(=O)OC(C)(C)C. The first kappa shape index (κ1) is 15.0. The van der Waals surface area contributed by atoms with Gasteiger partial charge in [-0.2, -0.15) is 15.0 Å². The fourth-order valence-corrected chi connectivity index (χ4v) is 1.72. The number of carbonyl (C=O) groups excluding carboxylic acids is 1. The summed E-state index contributed by atoms with van der Waals surface area (Å²) in [5.41, 5.74) is 1.85. The van der Waals surface area contributed by atoms with Crippen LogP contribution in [0.1, 0.15) is 32.2 Å². The molecule has 1 N–H and O–H groups in total. The minimum atomic E-state index is -0.513. The number of nitrogens with one attached hydrogen (secondary N) is 1. The molecule has 0 spiro atoms. The van der Waals surface area contributed by atoms with Gasteiger partial charge in [0.2, 0.25) is 0 Å². The van der Waals surface area contributed by atoms with Crippen LogP contribution in [0.15, 0.2) is 30.3 Å². The number of aromatic nitrogens is 3. The average molecular weight is 288 g/mol. The molecule has 2 rings (SSSR count). The monoisotopic (exact) mass is 288 g/mol. The predicted molar refractivity (Wildman–Crippen MR) is 79.2 cm³/mol. The Kier molecular flexibility index (Phi) is 4.26. The molecule has 0 bridgehead atoms. The number of ether oxygens (including phenoxy) is 1. The van der Waals surface area contributed by atoms with E-state index in [1.807, 2.05) is 58.0 Å². The van der Waals surface area contributed by atoms with Crippen LogP contribution < -0.4 is 5.32 Å². The molecule has 0 saturated carbocycles. The molecule has 1 aromatic carbocycles. The zero-order chi connectivity index (χ0) is 15.5. The van der Waals surface area contributed by atoms with Crippen molar-refractivity contribution in [2.75, 3.05) is 0 Å². The van der Waals surface area contributed by atoms with Crippen molar-refractivity contribution in [2.45, 2.75) is 39.8 Å². The van der Waals surface area contributed by atoms with Gasteiger partial charge in [-0.25, -0.2) is 4.79 Å². The van der Waals surface area contributed by atoms with Gasteiger partial charge in [0.1, 0.15) is 11.3 Å². The van der Waals surface area contributed by atoms with E-state index in [0.717, 1.165) is 11.4 Å². The van der Waals surface area contributed by atoms with E-state index in [0.29, 0.717) is 5.69 Å². The van der Waals surface area contributed by atoms with E-state index in [-0.39, 0.29) is 6.54 Å². The number of alkyl carbamates (subject to hydrolysis) is 1. The first-order valence-corrected chi connectivity index (χ1v) is 6.80. The van der Waals surface area contributed by atoms with Gasteiger partial charge >= 0.3 is 6.09 Å². The molecule has 1 amide bonds. The predicted octanol–water partition coefficient (Wildman–Crippen LogP) is 2.60. The summed E-state index contributed by atoms with van der Waals surface area (Å²) in [7, 11) is 0. The van der Waals surface area contributed by atoms with Gasteiger partial charge in [0, 0.05) is 0 Å². The molecule has 1 heterocycles. The van der Waals surface area contributed by atoms with E-state index in [1.165, 1.54) is 0 Å². The van der Waals surface area contributed by atoms with Crippen molar-refractivity contribution in [1.29, 1.82) is 0 Å². The van der Waals surface area contributed by atoms with Crippen molar-refractivity contribution in [2.24, 2.45) is 0 Å². The maximum atomic E-state index is 11.6. The summed E-state index contributed by atoms with van der Waals surface area (Å²) in [6.45, 7) is 7.61. The highest BCUT2D eigenvalue weighted by molar-refractivity contribution is 5.67. The average Bonchev–Trinajstić information content (AvgIpc) is 2.77. The van der Waals surface area contributed by atoms with Crippen LogP contribution in [-0.2, 0) is 11.3 Å². The summed E-state index contributed by atoms with van der Waals surface area (Å²) >= 11 is 0. The van der Waals surface area contributed by atoms with Gasteiger partial charge in [0.15, 0.2) is 0 Å². The van der Waals surface area contributed by atoms with E-state index in [9.17, 15) is 4.79 Å². The molecule has 0 atom stereocenters. The van der Waals surface area contributed by atoms with E-state index in [1.54, 1.807) is 4.80 Å². The van der Waals surface area contributed by atoms with Gasteiger partial charge in [-0.3, -0.25) is 0 Å². The second kappa shape index (κ2) is 5.95. The van der Waals surface area contributed by atoms with Crippen molar-refractivity contribution < 1.29 is 9.53 Å². The molecule has 21 heavy (non-hydrogen) atoms. The summed E-state index contributed by atoms with van der Waals surface area (Å²) in [5.74, 6) is 0. The number of aryl methyl sites for hydroxylation is 1. The van der Waals surface area contributed by atoms with Crippen LogP contribution in [0.5, 0.6) is 0 Å². The molecular formula is C15H20N4O2. The summed E-state index contributed by atoms with van der Waals surface area (Å²) < 4.78 is 5.19. The van der Waals surface area contributed by atoms with Crippen molar-refractivity contribution in [1.82, 2.24) is 20.3 Å². The molecule has 1 aromatic heterocycles. The summed E-state index contributed by atoms with van der Waals surface area (Å²) in [4.78, 5) is 13.2. The van der Waals surface area contributed by atoms with Gasteiger partial charge in [0.05, 0.1) is 17.9 Å². The molecule has 0 unspecified atom stereocenters. The lowest BCUT2D eigenvalue weighted by Crippen LogP contribution is -2.32. The van der Waals surface area contributed by atoms with Crippen molar-refractivity contribution >= 4 is 6.09 Å². The third-order valence-electron chi connectivity index (χ3n) is 2.66. The number of carbonyl (C=O) groups is 1. The molecule has 0 aliphatic carbocycles. The summed E-state index contributed by atoms with van der Waals surface area (Å²) in [6, 6.07) is 9.62. The zero-order valence-corrected chi connectivity index (χ0v) is 12.8. The van der Waals surface area contributed by atoms with Crippen LogP contribution in [0.25, 0.3) is 5.69 Å². The number of amides is 1. The van der Waals surface area contributed by atoms with Gasteiger partial charge < -0.3 is 10.1 Å². The van der Waals surface area contributed by atoms with Crippen LogP contribution in [0, 0.1) is 6.92 Å². The molecular weight excluding hydrogens is 268 g/mol. The van der Waals surface area contributed by atoms with Crippen LogP contribution in [-0.4, -0.2) is 26.7 Å². The second-order valence-corrected chi connectivity index (χ2v) is 5.71.